The monoisotopic (exact) mass is 296 g/mol. The molecule has 1 heterocycles. The Balaban J connectivity index is 2.04. The van der Waals surface area contributed by atoms with E-state index in [0.29, 0.717) is 17.6 Å². The minimum Gasteiger partial charge on any atom is -0.373 e. The third-order valence-electron chi connectivity index (χ3n) is 6.40. The summed E-state index contributed by atoms with van der Waals surface area (Å²) in [5.74, 6) is 0.859. The van der Waals surface area contributed by atoms with Crippen LogP contribution in [0.25, 0.3) is 0 Å². The molecule has 1 saturated carbocycles. The van der Waals surface area contributed by atoms with E-state index in [0.717, 1.165) is 25.6 Å². The Hall–Kier alpha value is -0.120. The average molecular weight is 296 g/mol. The van der Waals surface area contributed by atoms with Crippen LogP contribution in [0.1, 0.15) is 66.7 Å². The van der Waals surface area contributed by atoms with Crippen LogP contribution in [-0.4, -0.2) is 42.3 Å². The molecule has 0 bridgehead atoms. The van der Waals surface area contributed by atoms with Crippen LogP contribution in [-0.2, 0) is 4.74 Å². The van der Waals surface area contributed by atoms with Gasteiger partial charge in [-0.15, -0.1) is 0 Å². The van der Waals surface area contributed by atoms with E-state index < -0.39 is 0 Å². The summed E-state index contributed by atoms with van der Waals surface area (Å²) in [6.07, 6.45) is 7.13. The van der Waals surface area contributed by atoms with Crippen molar-refractivity contribution in [3.05, 3.63) is 0 Å². The molecule has 3 heteroatoms. The lowest BCUT2D eigenvalue weighted by Gasteiger charge is -2.53. The first-order valence-electron chi connectivity index (χ1n) is 8.93. The normalized spacial score (nSPS) is 39.4. The summed E-state index contributed by atoms with van der Waals surface area (Å²) in [5.41, 5.74) is 6.97. The highest BCUT2D eigenvalue weighted by Gasteiger charge is 2.44. The van der Waals surface area contributed by atoms with E-state index in [1.54, 1.807) is 0 Å². The van der Waals surface area contributed by atoms with Gasteiger partial charge in [0.25, 0.3) is 0 Å². The highest BCUT2D eigenvalue weighted by Crippen LogP contribution is 2.45. The highest BCUT2D eigenvalue weighted by molar-refractivity contribution is 4.99. The molecule has 2 aliphatic rings. The maximum atomic E-state index is 6.26. The molecule has 0 aromatic carbocycles. The van der Waals surface area contributed by atoms with Gasteiger partial charge in [-0.2, -0.15) is 0 Å². The average Bonchev–Trinajstić information content (AvgIpc) is 2.46. The summed E-state index contributed by atoms with van der Waals surface area (Å²) in [4.78, 5) is 2.65. The molecular weight excluding hydrogens is 260 g/mol. The van der Waals surface area contributed by atoms with Gasteiger partial charge < -0.3 is 10.5 Å². The highest BCUT2D eigenvalue weighted by atomic mass is 16.5. The van der Waals surface area contributed by atoms with Gasteiger partial charge in [0.05, 0.1) is 12.2 Å². The van der Waals surface area contributed by atoms with E-state index in [1.165, 1.54) is 32.1 Å². The third-order valence-corrected chi connectivity index (χ3v) is 6.40. The maximum Gasteiger partial charge on any atom is 0.0678 e. The number of nitrogens with zero attached hydrogens (tertiary/aromatic N) is 1. The zero-order valence-corrected chi connectivity index (χ0v) is 14.8. The molecule has 0 radical (unpaired) electrons. The van der Waals surface area contributed by atoms with Crippen molar-refractivity contribution in [1.29, 1.82) is 0 Å². The first-order chi connectivity index (χ1) is 9.83. The Bertz CT molecular complexity index is 324. The number of nitrogens with two attached hydrogens (primary N) is 1. The van der Waals surface area contributed by atoms with E-state index in [4.69, 9.17) is 10.5 Å². The van der Waals surface area contributed by atoms with Gasteiger partial charge in [-0.3, -0.25) is 4.90 Å². The first-order valence-corrected chi connectivity index (χ1v) is 8.93. The van der Waals surface area contributed by atoms with Gasteiger partial charge >= 0.3 is 0 Å². The van der Waals surface area contributed by atoms with Crippen molar-refractivity contribution in [3.8, 4) is 0 Å². The van der Waals surface area contributed by atoms with Crippen LogP contribution in [0.4, 0.5) is 0 Å². The van der Waals surface area contributed by atoms with Crippen LogP contribution in [0.3, 0.4) is 0 Å². The quantitative estimate of drug-likeness (QED) is 0.864. The van der Waals surface area contributed by atoms with Crippen molar-refractivity contribution in [2.24, 2.45) is 17.1 Å². The van der Waals surface area contributed by atoms with Crippen LogP contribution in [0, 0.1) is 11.3 Å². The number of ether oxygens (including phenoxy) is 1. The second-order valence-corrected chi connectivity index (χ2v) is 8.21. The lowest BCUT2D eigenvalue weighted by atomic mass is 9.65. The van der Waals surface area contributed by atoms with Crippen LogP contribution < -0.4 is 5.73 Å². The van der Waals surface area contributed by atoms with Gasteiger partial charge in [-0.25, -0.2) is 0 Å². The Morgan fingerprint density at radius 1 is 1.14 bits per heavy atom. The first kappa shape index (κ1) is 17.2. The van der Waals surface area contributed by atoms with Crippen LogP contribution in [0.5, 0.6) is 0 Å². The minimum atomic E-state index is 0.229. The maximum absolute atomic E-state index is 6.26. The number of hydrogen-bond donors (Lipinski definition) is 1. The molecule has 2 N–H and O–H groups in total. The lowest BCUT2D eigenvalue weighted by molar-refractivity contribution is -0.112. The predicted molar refractivity (Wildman–Crippen MR) is 89.4 cm³/mol. The van der Waals surface area contributed by atoms with Gasteiger partial charge in [0, 0.05) is 25.2 Å². The smallest absolute Gasteiger partial charge is 0.0678 e. The van der Waals surface area contributed by atoms with E-state index in [-0.39, 0.29) is 5.54 Å². The SMILES string of the molecule is CCC(C)(C)C1CCC(CN)(N2C[C@@H](C)O[C@@H](C)C2)CC1. The van der Waals surface area contributed by atoms with E-state index in [9.17, 15) is 0 Å². The zero-order chi connectivity index (χ0) is 15.7. The molecule has 3 nitrogen and oxygen atoms in total. The Morgan fingerprint density at radius 2 is 1.67 bits per heavy atom. The predicted octanol–water partition coefficient (Wildman–Crippen LogP) is 3.42. The fourth-order valence-corrected chi connectivity index (χ4v) is 4.44. The summed E-state index contributed by atoms with van der Waals surface area (Å²) in [5, 5.41) is 0. The standard InChI is InChI=1S/C18H36N2O/c1-6-17(4,5)16-7-9-18(13-19,10-8-16)20-11-14(2)21-15(3)12-20/h14-16H,6-13,19H2,1-5H3/t14-,15+,16?,18?. The summed E-state index contributed by atoms with van der Waals surface area (Å²) < 4.78 is 5.91. The van der Waals surface area contributed by atoms with Crippen molar-refractivity contribution in [1.82, 2.24) is 4.90 Å². The summed E-state index contributed by atoms with van der Waals surface area (Å²) in [7, 11) is 0. The number of morpholine rings is 1. The molecule has 1 aliphatic heterocycles. The van der Waals surface area contributed by atoms with E-state index in [2.05, 4.69) is 39.5 Å². The zero-order valence-electron chi connectivity index (χ0n) is 14.8. The van der Waals surface area contributed by atoms with Gasteiger partial charge in [0.2, 0.25) is 0 Å². The van der Waals surface area contributed by atoms with Crippen LogP contribution in [0.2, 0.25) is 0 Å². The third kappa shape index (κ3) is 3.62. The molecule has 1 aliphatic carbocycles. The van der Waals surface area contributed by atoms with Crippen molar-refractivity contribution in [2.45, 2.75) is 84.5 Å². The molecule has 2 fully saturated rings. The summed E-state index contributed by atoms with van der Waals surface area (Å²) in [6.45, 7) is 14.5. The van der Waals surface area contributed by atoms with Gasteiger partial charge in [-0.05, 0) is 50.9 Å². The van der Waals surface area contributed by atoms with E-state index >= 15 is 0 Å². The molecule has 0 unspecified atom stereocenters. The minimum absolute atomic E-state index is 0.229. The molecular formula is C18H36N2O. The Labute approximate surface area is 131 Å². The summed E-state index contributed by atoms with van der Waals surface area (Å²) in [6, 6.07) is 0. The van der Waals surface area contributed by atoms with Crippen molar-refractivity contribution >= 4 is 0 Å². The van der Waals surface area contributed by atoms with Gasteiger partial charge in [0.1, 0.15) is 0 Å². The number of rotatable bonds is 4. The summed E-state index contributed by atoms with van der Waals surface area (Å²) >= 11 is 0. The fraction of sp³-hybridized carbons (Fsp3) is 1.00. The van der Waals surface area contributed by atoms with Crippen molar-refractivity contribution < 1.29 is 4.74 Å². The van der Waals surface area contributed by atoms with Crippen molar-refractivity contribution in [3.63, 3.8) is 0 Å². The van der Waals surface area contributed by atoms with Crippen LogP contribution >= 0.6 is 0 Å². The van der Waals surface area contributed by atoms with Crippen LogP contribution in [0.15, 0.2) is 0 Å². The lowest BCUT2D eigenvalue weighted by Crippen LogP contribution is -2.62. The molecule has 0 amide bonds. The molecule has 0 aromatic rings. The molecule has 21 heavy (non-hydrogen) atoms. The molecule has 2 atom stereocenters. The van der Waals surface area contributed by atoms with Gasteiger partial charge in [-0.1, -0.05) is 27.2 Å². The molecule has 1 saturated heterocycles. The number of hydrogen-bond acceptors (Lipinski definition) is 3. The fourth-order valence-electron chi connectivity index (χ4n) is 4.44. The van der Waals surface area contributed by atoms with E-state index in [1.807, 2.05) is 0 Å². The molecule has 2 rings (SSSR count). The Morgan fingerprint density at radius 3 is 2.10 bits per heavy atom. The topological polar surface area (TPSA) is 38.5 Å². The largest absolute Gasteiger partial charge is 0.373 e. The molecule has 0 spiro atoms. The van der Waals surface area contributed by atoms with Gasteiger partial charge in [0.15, 0.2) is 0 Å². The Kier molecular flexibility index (Phi) is 5.38. The molecule has 124 valence electrons. The van der Waals surface area contributed by atoms with Crippen molar-refractivity contribution in [2.75, 3.05) is 19.6 Å². The molecule has 0 aromatic heterocycles. The second-order valence-electron chi connectivity index (χ2n) is 8.21. The second kappa shape index (κ2) is 6.55.